The molecule has 0 aromatic heterocycles. The van der Waals surface area contributed by atoms with Gasteiger partial charge >= 0.3 is 0 Å². The molecule has 1 heterocycles. The van der Waals surface area contributed by atoms with Crippen LogP contribution in [0.4, 0.5) is 5.69 Å². The smallest absolute Gasteiger partial charge is 0.225 e. The Morgan fingerprint density at radius 3 is 2.33 bits per heavy atom. The van der Waals surface area contributed by atoms with E-state index in [4.69, 9.17) is 9.47 Å². The van der Waals surface area contributed by atoms with E-state index in [1.165, 1.54) is 0 Å². The van der Waals surface area contributed by atoms with Crippen molar-refractivity contribution < 1.29 is 14.3 Å². The molecule has 1 atom stereocenters. The summed E-state index contributed by atoms with van der Waals surface area (Å²) in [7, 11) is 3.29. The first-order chi connectivity index (χ1) is 10.2. The minimum atomic E-state index is 0.0356. The molecule has 1 aliphatic heterocycles. The first kappa shape index (κ1) is 13.5. The Morgan fingerprint density at radius 2 is 1.67 bits per heavy atom. The van der Waals surface area contributed by atoms with Gasteiger partial charge in [0, 0.05) is 18.0 Å². The van der Waals surface area contributed by atoms with Gasteiger partial charge in [0.1, 0.15) is 11.5 Å². The molecule has 4 heteroatoms. The van der Waals surface area contributed by atoms with Gasteiger partial charge in [0.05, 0.1) is 14.2 Å². The fourth-order valence-electron chi connectivity index (χ4n) is 2.70. The van der Waals surface area contributed by atoms with E-state index in [1.807, 2.05) is 42.5 Å². The Morgan fingerprint density at radius 1 is 1.00 bits per heavy atom. The van der Waals surface area contributed by atoms with Crippen LogP contribution in [0, 0.1) is 0 Å². The van der Waals surface area contributed by atoms with Gasteiger partial charge in [-0.05, 0) is 41.5 Å². The van der Waals surface area contributed by atoms with Crippen molar-refractivity contribution >= 4 is 11.6 Å². The first-order valence-corrected chi connectivity index (χ1v) is 6.83. The SMILES string of the molecule is COc1ccc(C2CC(=O)Nc3ccc(OC)cc32)cc1. The molecular formula is C17H17NO3. The van der Waals surface area contributed by atoms with Crippen LogP contribution in [0.5, 0.6) is 11.5 Å². The Bertz CT molecular complexity index is 664. The fraction of sp³-hybridized carbons (Fsp3) is 0.235. The van der Waals surface area contributed by atoms with Crippen LogP contribution in [-0.4, -0.2) is 20.1 Å². The third-order valence-electron chi connectivity index (χ3n) is 3.82. The lowest BCUT2D eigenvalue weighted by Gasteiger charge is -2.26. The summed E-state index contributed by atoms with van der Waals surface area (Å²) in [6.07, 6.45) is 0.437. The molecule has 0 fully saturated rings. The molecule has 0 bridgehead atoms. The van der Waals surface area contributed by atoms with E-state index in [2.05, 4.69) is 5.32 Å². The average molecular weight is 283 g/mol. The van der Waals surface area contributed by atoms with Crippen molar-refractivity contribution in [3.8, 4) is 11.5 Å². The lowest BCUT2D eigenvalue weighted by Crippen LogP contribution is -2.23. The zero-order valence-corrected chi connectivity index (χ0v) is 12.1. The summed E-state index contributed by atoms with van der Waals surface area (Å²) in [4.78, 5) is 11.9. The number of fused-ring (bicyclic) bond motifs is 1. The van der Waals surface area contributed by atoms with Gasteiger partial charge < -0.3 is 14.8 Å². The molecule has 21 heavy (non-hydrogen) atoms. The molecule has 0 saturated heterocycles. The molecule has 108 valence electrons. The van der Waals surface area contributed by atoms with Crippen molar-refractivity contribution in [2.24, 2.45) is 0 Å². The quantitative estimate of drug-likeness (QED) is 0.941. The van der Waals surface area contributed by atoms with Gasteiger partial charge in [-0.2, -0.15) is 0 Å². The summed E-state index contributed by atoms with van der Waals surface area (Å²) in [6, 6.07) is 13.6. The van der Waals surface area contributed by atoms with E-state index in [1.54, 1.807) is 14.2 Å². The van der Waals surface area contributed by atoms with E-state index in [-0.39, 0.29) is 11.8 Å². The van der Waals surface area contributed by atoms with Crippen molar-refractivity contribution in [2.45, 2.75) is 12.3 Å². The maximum Gasteiger partial charge on any atom is 0.225 e. The number of hydrogen-bond acceptors (Lipinski definition) is 3. The minimum absolute atomic E-state index is 0.0356. The van der Waals surface area contributed by atoms with Crippen LogP contribution in [-0.2, 0) is 4.79 Å². The van der Waals surface area contributed by atoms with Crippen LogP contribution >= 0.6 is 0 Å². The normalized spacial score (nSPS) is 16.9. The summed E-state index contributed by atoms with van der Waals surface area (Å²) in [6.45, 7) is 0. The number of ether oxygens (including phenoxy) is 2. The van der Waals surface area contributed by atoms with Crippen molar-refractivity contribution in [1.29, 1.82) is 0 Å². The number of carbonyl (C=O) groups is 1. The standard InChI is InChI=1S/C17H17NO3/c1-20-12-5-3-11(4-6-12)14-10-17(19)18-16-8-7-13(21-2)9-15(14)16/h3-9,14H,10H2,1-2H3,(H,18,19). The number of rotatable bonds is 3. The summed E-state index contributed by atoms with van der Waals surface area (Å²) in [5.41, 5.74) is 3.03. The zero-order valence-electron chi connectivity index (χ0n) is 12.1. The van der Waals surface area contributed by atoms with Gasteiger partial charge in [0.15, 0.2) is 0 Å². The van der Waals surface area contributed by atoms with Crippen LogP contribution in [0.1, 0.15) is 23.5 Å². The molecule has 0 radical (unpaired) electrons. The molecule has 2 aromatic rings. The third kappa shape index (κ3) is 2.57. The maximum atomic E-state index is 11.9. The molecule has 1 unspecified atom stereocenters. The molecule has 0 spiro atoms. The second kappa shape index (κ2) is 5.48. The molecule has 1 N–H and O–H groups in total. The average Bonchev–Trinajstić information content (AvgIpc) is 2.53. The molecule has 0 aliphatic carbocycles. The lowest BCUT2D eigenvalue weighted by molar-refractivity contribution is -0.116. The topological polar surface area (TPSA) is 47.6 Å². The number of nitrogens with one attached hydrogen (secondary N) is 1. The van der Waals surface area contributed by atoms with Crippen LogP contribution in [0.25, 0.3) is 0 Å². The Kier molecular flexibility index (Phi) is 3.52. The monoisotopic (exact) mass is 283 g/mol. The molecule has 3 rings (SSSR count). The molecule has 2 aromatic carbocycles. The predicted molar refractivity (Wildman–Crippen MR) is 81.1 cm³/mol. The van der Waals surface area contributed by atoms with Gasteiger partial charge in [-0.15, -0.1) is 0 Å². The van der Waals surface area contributed by atoms with E-state index in [0.29, 0.717) is 6.42 Å². The van der Waals surface area contributed by atoms with E-state index < -0.39 is 0 Å². The van der Waals surface area contributed by atoms with Crippen molar-refractivity contribution in [3.63, 3.8) is 0 Å². The van der Waals surface area contributed by atoms with Crippen molar-refractivity contribution in [3.05, 3.63) is 53.6 Å². The third-order valence-corrected chi connectivity index (χ3v) is 3.82. The highest BCUT2D eigenvalue weighted by Gasteiger charge is 2.26. The Balaban J connectivity index is 2.04. The van der Waals surface area contributed by atoms with E-state index >= 15 is 0 Å². The van der Waals surface area contributed by atoms with Crippen molar-refractivity contribution in [2.75, 3.05) is 19.5 Å². The summed E-state index contributed by atoms with van der Waals surface area (Å²) < 4.78 is 10.5. The Labute approximate surface area is 123 Å². The summed E-state index contributed by atoms with van der Waals surface area (Å²) >= 11 is 0. The summed E-state index contributed by atoms with van der Waals surface area (Å²) in [5.74, 6) is 1.68. The highest BCUT2D eigenvalue weighted by atomic mass is 16.5. The van der Waals surface area contributed by atoms with Crippen molar-refractivity contribution in [1.82, 2.24) is 0 Å². The van der Waals surface area contributed by atoms with Crippen LogP contribution in [0.3, 0.4) is 0 Å². The second-order valence-corrected chi connectivity index (χ2v) is 5.03. The Hall–Kier alpha value is -2.49. The van der Waals surface area contributed by atoms with Crippen LogP contribution < -0.4 is 14.8 Å². The number of hydrogen-bond donors (Lipinski definition) is 1. The number of amides is 1. The highest BCUT2D eigenvalue weighted by Crippen LogP contribution is 2.39. The van der Waals surface area contributed by atoms with Crippen LogP contribution in [0.15, 0.2) is 42.5 Å². The number of anilines is 1. The van der Waals surface area contributed by atoms with Crippen LogP contribution in [0.2, 0.25) is 0 Å². The fourth-order valence-corrected chi connectivity index (χ4v) is 2.70. The van der Waals surface area contributed by atoms with Gasteiger partial charge in [0.2, 0.25) is 5.91 Å². The minimum Gasteiger partial charge on any atom is -0.497 e. The van der Waals surface area contributed by atoms with E-state index in [0.717, 1.165) is 28.3 Å². The summed E-state index contributed by atoms with van der Waals surface area (Å²) in [5, 5.41) is 2.91. The molecule has 1 aliphatic rings. The molecule has 4 nitrogen and oxygen atoms in total. The zero-order chi connectivity index (χ0) is 14.8. The number of methoxy groups -OCH3 is 2. The first-order valence-electron chi connectivity index (χ1n) is 6.83. The molecule has 1 amide bonds. The molecule has 0 saturated carbocycles. The van der Waals surface area contributed by atoms with Gasteiger partial charge in [-0.3, -0.25) is 4.79 Å². The maximum absolute atomic E-state index is 11.9. The van der Waals surface area contributed by atoms with Gasteiger partial charge in [-0.25, -0.2) is 0 Å². The predicted octanol–water partition coefficient (Wildman–Crippen LogP) is 3.18. The largest absolute Gasteiger partial charge is 0.497 e. The molecular weight excluding hydrogens is 266 g/mol. The highest BCUT2D eigenvalue weighted by molar-refractivity contribution is 5.95. The number of carbonyl (C=O) groups excluding carboxylic acids is 1. The van der Waals surface area contributed by atoms with Gasteiger partial charge in [0.25, 0.3) is 0 Å². The van der Waals surface area contributed by atoms with E-state index in [9.17, 15) is 4.79 Å². The number of benzene rings is 2. The second-order valence-electron chi connectivity index (χ2n) is 5.03. The lowest BCUT2D eigenvalue weighted by atomic mass is 9.84. The van der Waals surface area contributed by atoms with Gasteiger partial charge in [-0.1, -0.05) is 12.1 Å².